The van der Waals surface area contributed by atoms with Crippen molar-refractivity contribution in [1.82, 2.24) is 10.2 Å². The molecule has 2 aliphatic rings. The maximum Gasteiger partial charge on any atom is 0.523 e. The molecule has 1 saturated heterocycles. The summed E-state index contributed by atoms with van der Waals surface area (Å²) in [4.78, 5) is 0. The third-order valence-corrected chi connectivity index (χ3v) is 3.89. The molecular weight excluding hydrogens is 291 g/mol. The van der Waals surface area contributed by atoms with Crippen LogP contribution in [0.25, 0.3) is 0 Å². The van der Waals surface area contributed by atoms with Gasteiger partial charge in [0.25, 0.3) is 0 Å². The SMILES string of the molecule is N[C@@H]1CC[C@@H](c2nnc(C3(OC(F)(F)F)CCC3)o2)OC1. The Morgan fingerprint density at radius 2 is 2.00 bits per heavy atom. The number of hydrogen-bond acceptors (Lipinski definition) is 6. The number of alkyl halides is 3. The van der Waals surface area contributed by atoms with Crippen LogP contribution in [0.1, 0.15) is 50.0 Å². The largest absolute Gasteiger partial charge is 0.523 e. The molecular formula is C12H16F3N3O3. The van der Waals surface area contributed by atoms with Gasteiger partial charge in [-0.15, -0.1) is 23.4 Å². The van der Waals surface area contributed by atoms with Crippen molar-refractivity contribution < 1.29 is 27.1 Å². The Hall–Kier alpha value is -1.19. The lowest BCUT2D eigenvalue weighted by atomic mass is 9.80. The van der Waals surface area contributed by atoms with Crippen LogP contribution in [0.15, 0.2) is 4.42 Å². The molecule has 1 aromatic rings. The molecule has 2 N–H and O–H groups in total. The van der Waals surface area contributed by atoms with Gasteiger partial charge in [-0.05, 0) is 32.1 Å². The lowest BCUT2D eigenvalue weighted by molar-refractivity contribution is -0.387. The molecule has 0 radical (unpaired) electrons. The Morgan fingerprint density at radius 1 is 1.24 bits per heavy atom. The standard InChI is InChI=1S/C12H16F3N3O3/c13-12(14,15)21-11(4-1-5-11)10-18-17-9(20-10)8-3-2-7(16)6-19-8/h7-8H,1-6,16H2/t7-,8+/m1/s1. The Labute approximate surface area is 118 Å². The molecule has 0 spiro atoms. The van der Waals surface area contributed by atoms with Crippen LogP contribution in [-0.2, 0) is 15.1 Å². The molecule has 1 saturated carbocycles. The molecule has 0 bridgehead atoms. The van der Waals surface area contributed by atoms with Crippen LogP contribution in [-0.4, -0.2) is 29.2 Å². The minimum Gasteiger partial charge on any atom is -0.419 e. The van der Waals surface area contributed by atoms with Crippen LogP contribution in [0.5, 0.6) is 0 Å². The van der Waals surface area contributed by atoms with E-state index in [4.69, 9.17) is 14.9 Å². The molecule has 2 heterocycles. The predicted molar refractivity (Wildman–Crippen MR) is 62.9 cm³/mol. The summed E-state index contributed by atoms with van der Waals surface area (Å²) >= 11 is 0. The van der Waals surface area contributed by atoms with Crippen LogP contribution in [0.2, 0.25) is 0 Å². The molecule has 1 aliphatic heterocycles. The number of nitrogens with two attached hydrogens (primary N) is 1. The molecule has 6 nitrogen and oxygen atoms in total. The van der Waals surface area contributed by atoms with E-state index in [9.17, 15) is 13.2 Å². The fraction of sp³-hybridized carbons (Fsp3) is 0.833. The topological polar surface area (TPSA) is 83.4 Å². The van der Waals surface area contributed by atoms with E-state index >= 15 is 0 Å². The van der Waals surface area contributed by atoms with E-state index in [0.29, 0.717) is 19.4 Å². The van der Waals surface area contributed by atoms with Gasteiger partial charge in [-0.25, -0.2) is 0 Å². The average molecular weight is 307 g/mol. The van der Waals surface area contributed by atoms with E-state index in [1.54, 1.807) is 0 Å². The molecule has 0 amide bonds. The van der Waals surface area contributed by atoms with E-state index in [1.807, 2.05) is 0 Å². The first kappa shape index (κ1) is 14.7. The van der Waals surface area contributed by atoms with E-state index in [-0.39, 0.29) is 30.7 Å². The quantitative estimate of drug-likeness (QED) is 0.921. The van der Waals surface area contributed by atoms with Crippen molar-refractivity contribution in [3.63, 3.8) is 0 Å². The van der Waals surface area contributed by atoms with Crippen molar-refractivity contribution in [2.75, 3.05) is 6.61 Å². The highest BCUT2D eigenvalue weighted by Gasteiger charge is 2.52. The minimum absolute atomic E-state index is 0.0322. The van der Waals surface area contributed by atoms with Gasteiger partial charge in [-0.3, -0.25) is 4.74 Å². The van der Waals surface area contributed by atoms with Gasteiger partial charge < -0.3 is 14.9 Å². The van der Waals surface area contributed by atoms with Gasteiger partial charge in [0, 0.05) is 6.04 Å². The molecule has 1 aliphatic carbocycles. The summed E-state index contributed by atoms with van der Waals surface area (Å²) in [7, 11) is 0. The highest BCUT2D eigenvalue weighted by molar-refractivity contribution is 5.05. The van der Waals surface area contributed by atoms with Crippen LogP contribution in [0.4, 0.5) is 13.2 Å². The molecule has 2 fully saturated rings. The fourth-order valence-electron chi connectivity index (χ4n) is 2.59. The summed E-state index contributed by atoms with van der Waals surface area (Å²) in [6, 6.07) is -0.0322. The fourth-order valence-corrected chi connectivity index (χ4v) is 2.59. The Bertz CT molecular complexity index is 493. The first-order valence-electron chi connectivity index (χ1n) is 6.86. The molecule has 9 heteroatoms. The average Bonchev–Trinajstić information content (AvgIpc) is 2.83. The monoisotopic (exact) mass is 307 g/mol. The molecule has 0 aromatic carbocycles. The molecule has 21 heavy (non-hydrogen) atoms. The Balaban J connectivity index is 1.74. The summed E-state index contributed by atoms with van der Waals surface area (Å²) in [5.74, 6) is 0.0634. The van der Waals surface area contributed by atoms with Crippen LogP contribution >= 0.6 is 0 Å². The smallest absolute Gasteiger partial charge is 0.419 e. The van der Waals surface area contributed by atoms with Gasteiger partial charge in [-0.2, -0.15) is 0 Å². The highest BCUT2D eigenvalue weighted by atomic mass is 19.4. The second-order valence-corrected chi connectivity index (χ2v) is 5.50. The number of halogens is 3. The van der Waals surface area contributed by atoms with Crippen molar-refractivity contribution in [2.24, 2.45) is 5.73 Å². The lowest BCUT2D eigenvalue weighted by Gasteiger charge is -2.38. The third-order valence-electron chi connectivity index (χ3n) is 3.89. The first-order valence-corrected chi connectivity index (χ1v) is 6.86. The zero-order chi connectivity index (χ0) is 15.1. The zero-order valence-corrected chi connectivity index (χ0v) is 11.2. The van der Waals surface area contributed by atoms with Crippen LogP contribution in [0.3, 0.4) is 0 Å². The van der Waals surface area contributed by atoms with Crippen molar-refractivity contribution in [2.45, 2.75) is 56.2 Å². The minimum atomic E-state index is -4.73. The summed E-state index contributed by atoms with van der Waals surface area (Å²) in [5.41, 5.74) is 4.18. The lowest BCUT2D eigenvalue weighted by Crippen LogP contribution is -2.42. The van der Waals surface area contributed by atoms with Crippen molar-refractivity contribution in [1.29, 1.82) is 0 Å². The highest BCUT2D eigenvalue weighted by Crippen LogP contribution is 2.48. The maximum atomic E-state index is 12.5. The van der Waals surface area contributed by atoms with Gasteiger partial charge in [0.15, 0.2) is 5.60 Å². The maximum absolute atomic E-state index is 12.5. The number of rotatable bonds is 3. The predicted octanol–water partition coefficient (Wildman–Crippen LogP) is 2.16. The second kappa shape index (κ2) is 5.22. The van der Waals surface area contributed by atoms with Gasteiger partial charge in [0.05, 0.1) is 6.61 Å². The number of hydrogen-bond donors (Lipinski definition) is 1. The summed E-state index contributed by atoms with van der Waals surface area (Å²) in [5, 5.41) is 7.55. The van der Waals surface area contributed by atoms with Gasteiger partial charge >= 0.3 is 6.36 Å². The van der Waals surface area contributed by atoms with E-state index < -0.39 is 18.1 Å². The van der Waals surface area contributed by atoms with Crippen molar-refractivity contribution in [3.8, 4) is 0 Å². The molecule has 0 unspecified atom stereocenters. The zero-order valence-electron chi connectivity index (χ0n) is 11.2. The van der Waals surface area contributed by atoms with E-state index in [2.05, 4.69) is 14.9 Å². The Morgan fingerprint density at radius 3 is 2.52 bits per heavy atom. The first-order chi connectivity index (χ1) is 9.88. The van der Waals surface area contributed by atoms with Crippen LogP contribution < -0.4 is 5.73 Å². The van der Waals surface area contributed by atoms with Gasteiger partial charge in [0.1, 0.15) is 6.10 Å². The Kier molecular flexibility index (Phi) is 3.66. The summed E-state index contributed by atoms with van der Waals surface area (Å²) < 4.78 is 52.6. The summed E-state index contributed by atoms with van der Waals surface area (Å²) in [6.07, 6.45) is -2.74. The molecule has 3 rings (SSSR count). The van der Waals surface area contributed by atoms with Crippen LogP contribution in [0, 0.1) is 0 Å². The third kappa shape index (κ3) is 3.04. The number of aromatic nitrogens is 2. The van der Waals surface area contributed by atoms with Crippen molar-refractivity contribution in [3.05, 3.63) is 11.8 Å². The van der Waals surface area contributed by atoms with E-state index in [0.717, 1.165) is 6.42 Å². The second-order valence-electron chi connectivity index (χ2n) is 5.50. The molecule has 118 valence electrons. The van der Waals surface area contributed by atoms with Crippen molar-refractivity contribution >= 4 is 0 Å². The summed E-state index contributed by atoms with van der Waals surface area (Å²) in [6.45, 7) is 0.368. The van der Waals surface area contributed by atoms with Gasteiger partial charge in [-0.1, -0.05) is 0 Å². The number of ether oxygens (including phenoxy) is 2. The molecule has 2 atom stereocenters. The van der Waals surface area contributed by atoms with Gasteiger partial charge in [0.2, 0.25) is 11.8 Å². The van der Waals surface area contributed by atoms with E-state index in [1.165, 1.54) is 0 Å². The number of nitrogens with zero attached hydrogens (tertiary/aromatic N) is 2. The normalized spacial score (nSPS) is 29.1. The molecule has 1 aromatic heterocycles.